The van der Waals surface area contributed by atoms with E-state index < -0.39 is 10.0 Å². The quantitative estimate of drug-likeness (QED) is 0.772. The minimum atomic E-state index is -3.60. The number of sulfonamides is 1. The molecule has 0 heterocycles. The molecule has 0 aliphatic heterocycles. The lowest BCUT2D eigenvalue weighted by Gasteiger charge is -2.20. The van der Waals surface area contributed by atoms with Crippen LogP contribution in [0.1, 0.15) is 39.7 Å². The topological polar surface area (TPSA) is 75.6 Å². The van der Waals surface area contributed by atoms with Gasteiger partial charge >= 0.3 is 0 Å². The molecule has 2 atom stereocenters. The second-order valence-corrected chi connectivity index (χ2v) is 6.87. The molecular weight excluding hydrogens is 290 g/mol. The Bertz CT molecular complexity index is 557. The average molecular weight is 315 g/mol. The van der Waals surface area contributed by atoms with Crippen molar-refractivity contribution in [1.82, 2.24) is 4.72 Å². The highest BCUT2D eigenvalue weighted by atomic mass is 32.2. The van der Waals surface area contributed by atoms with E-state index >= 15 is 0 Å². The summed E-state index contributed by atoms with van der Waals surface area (Å²) in [5.74, 6) is 0.758. The predicted molar refractivity (Wildman–Crippen MR) is 82.8 cm³/mol. The van der Waals surface area contributed by atoms with Gasteiger partial charge in [-0.05, 0) is 38.0 Å². The van der Waals surface area contributed by atoms with E-state index in [1.807, 2.05) is 27.7 Å². The second-order valence-electron chi connectivity index (χ2n) is 5.16. The summed E-state index contributed by atoms with van der Waals surface area (Å²) < 4.78 is 32.8. The Balaban J connectivity index is 3.03. The van der Waals surface area contributed by atoms with Crippen molar-refractivity contribution in [2.24, 2.45) is 5.92 Å². The van der Waals surface area contributed by atoms with E-state index in [0.717, 1.165) is 6.42 Å². The highest BCUT2D eigenvalue weighted by Gasteiger charge is 2.21. The van der Waals surface area contributed by atoms with Crippen LogP contribution in [-0.4, -0.2) is 26.2 Å². The number of aliphatic hydroxyl groups is 1. The molecule has 0 fully saturated rings. The SMILES string of the molecule is CCOc1ccc(S(=O)(=O)NC(C)C(C)CC)cc1CO. The summed E-state index contributed by atoms with van der Waals surface area (Å²) in [5.41, 5.74) is 0.468. The zero-order valence-corrected chi connectivity index (χ0v) is 13.9. The van der Waals surface area contributed by atoms with Crippen molar-refractivity contribution in [3.8, 4) is 5.75 Å². The standard InChI is InChI=1S/C15H25NO4S/c1-5-11(3)12(4)16-21(18,19)14-7-8-15(20-6-2)13(9-14)10-17/h7-9,11-12,16-17H,5-6,10H2,1-4H3. The molecule has 1 rings (SSSR count). The predicted octanol–water partition coefficient (Wildman–Crippen LogP) is 2.29. The molecule has 1 aromatic rings. The maximum absolute atomic E-state index is 12.4. The molecule has 2 N–H and O–H groups in total. The average Bonchev–Trinajstić information content (AvgIpc) is 2.46. The maximum Gasteiger partial charge on any atom is 0.240 e. The van der Waals surface area contributed by atoms with E-state index in [-0.39, 0.29) is 23.5 Å². The van der Waals surface area contributed by atoms with Gasteiger partial charge in [0.25, 0.3) is 0 Å². The first-order valence-electron chi connectivity index (χ1n) is 7.24. The molecule has 0 saturated carbocycles. The van der Waals surface area contributed by atoms with Gasteiger partial charge in [-0.3, -0.25) is 0 Å². The Morgan fingerprint density at radius 1 is 1.29 bits per heavy atom. The van der Waals surface area contributed by atoms with Gasteiger partial charge < -0.3 is 9.84 Å². The smallest absolute Gasteiger partial charge is 0.240 e. The molecule has 6 heteroatoms. The monoisotopic (exact) mass is 315 g/mol. The first-order valence-corrected chi connectivity index (χ1v) is 8.72. The van der Waals surface area contributed by atoms with E-state index in [1.165, 1.54) is 12.1 Å². The van der Waals surface area contributed by atoms with Gasteiger partial charge in [0, 0.05) is 11.6 Å². The lowest BCUT2D eigenvalue weighted by Crippen LogP contribution is -2.36. The van der Waals surface area contributed by atoms with E-state index in [4.69, 9.17) is 4.74 Å². The Hall–Kier alpha value is -1.11. The van der Waals surface area contributed by atoms with Crippen molar-refractivity contribution in [2.75, 3.05) is 6.61 Å². The zero-order chi connectivity index (χ0) is 16.0. The van der Waals surface area contributed by atoms with Crippen molar-refractivity contribution >= 4 is 10.0 Å². The lowest BCUT2D eigenvalue weighted by atomic mass is 10.0. The van der Waals surface area contributed by atoms with Crippen LogP contribution in [0.5, 0.6) is 5.75 Å². The number of rotatable bonds is 8. The Morgan fingerprint density at radius 3 is 2.48 bits per heavy atom. The van der Waals surface area contributed by atoms with Crippen LogP contribution in [0.15, 0.2) is 23.1 Å². The van der Waals surface area contributed by atoms with Crippen LogP contribution in [0.3, 0.4) is 0 Å². The third-order valence-corrected chi connectivity index (χ3v) is 5.21. The van der Waals surface area contributed by atoms with Gasteiger partial charge in [-0.25, -0.2) is 13.1 Å². The van der Waals surface area contributed by atoms with Crippen molar-refractivity contribution in [3.63, 3.8) is 0 Å². The first kappa shape index (κ1) is 17.9. The van der Waals surface area contributed by atoms with Crippen LogP contribution < -0.4 is 9.46 Å². The summed E-state index contributed by atoms with van der Waals surface area (Å²) in [6, 6.07) is 4.38. The second kappa shape index (κ2) is 7.77. The summed E-state index contributed by atoms with van der Waals surface area (Å²) in [4.78, 5) is 0.144. The van der Waals surface area contributed by atoms with Gasteiger partial charge in [-0.2, -0.15) is 0 Å². The van der Waals surface area contributed by atoms with Gasteiger partial charge in [0.15, 0.2) is 0 Å². The molecule has 120 valence electrons. The van der Waals surface area contributed by atoms with Crippen LogP contribution in [0.2, 0.25) is 0 Å². The van der Waals surface area contributed by atoms with E-state index in [9.17, 15) is 13.5 Å². The third kappa shape index (κ3) is 4.69. The molecule has 0 spiro atoms. The van der Waals surface area contributed by atoms with Gasteiger partial charge in [-0.15, -0.1) is 0 Å². The van der Waals surface area contributed by atoms with E-state index in [2.05, 4.69) is 4.72 Å². The van der Waals surface area contributed by atoms with Gasteiger partial charge in [0.05, 0.1) is 18.1 Å². The molecular formula is C15H25NO4S. The van der Waals surface area contributed by atoms with Crippen LogP contribution in [0.25, 0.3) is 0 Å². The molecule has 0 bridgehead atoms. The number of hydrogen-bond acceptors (Lipinski definition) is 4. The Morgan fingerprint density at radius 2 is 1.95 bits per heavy atom. The van der Waals surface area contributed by atoms with Crippen LogP contribution >= 0.6 is 0 Å². The lowest BCUT2D eigenvalue weighted by molar-refractivity contribution is 0.266. The summed E-state index contributed by atoms with van der Waals surface area (Å²) in [5, 5.41) is 9.35. The van der Waals surface area contributed by atoms with E-state index in [0.29, 0.717) is 17.9 Å². The summed E-state index contributed by atoms with van der Waals surface area (Å²) in [6.45, 7) is 7.91. The van der Waals surface area contributed by atoms with Gasteiger partial charge in [-0.1, -0.05) is 20.3 Å². The molecule has 21 heavy (non-hydrogen) atoms. The molecule has 1 aromatic carbocycles. The number of ether oxygens (including phenoxy) is 1. The highest BCUT2D eigenvalue weighted by Crippen LogP contribution is 2.23. The van der Waals surface area contributed by atoms with Gasteiger partial charge in [0.1, 0.15) is 5.75 Å². The normalized spacial score (nSPS) is 14.7. The van der Waals surface area contributed by atoms with Crippen LogP contribution in [0.4, 0.5) is 0 Å². The highest BCUT2D eigenvalue weighted by molar-refractivity contribution is 7.89. The molecule has 0 aliphatic carbocycles. The zero-order valence-electron chi connectivity index (χ0n) is 13.1. The Kier molecular flexibility index (Phi) is 6.64. The van der Waals surface area contributed by atoms with Crippen molar-refractivity contribution in [1.29, 1.82) is 0 Å². The molecule has 0 aliphatic rings. The molecule has 2 unspecified atom stereocenters. The number of aliphatic hydroxyl groups excluding tert-OH is 1. The molecule has 0 radical (unpaired) electrons. The first-order chi connectivity index (χ1) is 9.85. The molecule has 0 amide bonds. The fourth-order valence-corrected chi connectivity index (χ4v) is 3.33. The van der Waals surface area contributed by atoms with Crippen molar-refractivity contribution in [2.45, 2.75) is 51.7 Å². The van der Waals surface area contributed by atoms with Gasteiger partial charge in [0.2, 0.25) is 10.0 Å². The minimum absolute atomic E-state index is 0.144. The van der Waals surface area contributed by atoms with Crippen molar-refractivity contribution < 1.29 is 18.3 Å². The number of hydrogen-bond donors (Lipinski definition) is 2. The summed E-state index contributed by atoms with van der Waals surface area (Å²) in [7, 11) is -3.60. The molecule has 0 aromatic heterocycles. The largest absolute Gasteiger partial charge is 0.494 e. The van der Waals surface area contributed by atoms with Crippen molar-refractivity contribution in [3.05, 3.63) is 23.8 Å². The fourth-order valence-electron chi connectivity index (χ4n) is 1.93. The van der Waals surface area contributed by atoms with Crippen LogP contribution in [-0.2, 0) is 16.6 Å². The van der Waals surface area contributed by atoms with Crippen LogP contribution in [0, 0.1) is 5.92 Å². The van der Waals surface area contributed by atoms with E-state index in [1.54, 1.807) is 6.07 Å². The fraction of sp³-hybridized carbons (Fsp3) is 0.600. The number of benzene rings is 1. The maximum atomic E-state index is 12.4. The molecule has 5 nitrogen and oxygen atoms in total. The number of nitrogens with one attached hydrogen (secondary N) is 1. The molecule has 0 saturated heterocycles. The summed E-state index contributed by atoms with van der Waals surface area (Å²) in [6.07, 6.45) is 0.898. The third-order valence-electron chi connectivity index (χ3n) is 3.65. The minimum Gasteiger partial charge on any atom is -0.494 e. The Labute approximate surface area is 127 Å². The summed E-state index contributed by atoms with van der Waals surface area (Å²) >= 11 is 0.